The van der Waals surface area contributed by atoms with Gasteiger partial charge in [0.15, 0.2) is 0 Å². The van der Waals surface area contributed by atoms with Gasteiger partial charge in [0.05, 0.1) is 6.04 Å². The molecule has 1 aliphatic rings. The van der Waals surface area contributed by atoms with Crippen molar-refractivity contribution in [3.63, 3.8) is 0 Å². The minimum Gasteiger partial charge on any atom is -0.508 e. The Hall–Kier alpha value is -5.49. The van der Waals surface area contributed by atoms with Crippen molar-refractivity contribution >= 4 is 29.5 Å². The molecular weight excluding hydrogens is 612 g/mol. The van der Waals surface area contributed by atoms with Crippen LogP contribution >= 0.6 is 0 Å². The molecule has 0 aliphatic carbocycles. The highest BCUT2D eigenvalue weighted by atomic mass is 16.3. The van der Waals surface area contributed by atoms with Gasteiger partial charge >= 0.3 is 0 Å². The molecule has 0 bridgehead atoms. The van der Waals surface area contributed by atoms with Crippen LogP contribution < -0.4 is 32.7 Å². The molecule has 5 atom stereocenters. The monoisotopic (exact) mass is 654 g/mol. The van der Waals surface area contributed by atoms with Crippen LogP contribution in [0.15, 0.2) is 97.1 Å². The first-order valence-electron chi connectivity index (χ1n) is 15.9. The Kier molecular flexibility index (Phi) is 12.8. The zero-order valence-electron chi connectivity index (χ0n) is 26.5. The minimum absolute atomic E-state index is 0.0629. The molecule has 1 heterocycles. The molecule has 0 unspecified atom stereocenters. The van der Waals surface area contributed by atoms with Gasteiger partial charge in [-0.25, -0.2) is 0 Å². The number of hydrogen-bond donors (Lipinski definition) is 7. The lowest BCUT2D eigenvalue weighted by atomic mass is 10.0. The number of benzene rings is 3. The summed E-state index contributed by atoms with van der Waals surface area (Å²) in [6.45, 7) is 0. The van der Waals surface area contributed by atoms with Crippen LogP contribution in [-0.2, 0) is 43.2 Å². The van der Waals surface area contributed by atoms with E-state index in [-0.39, 0.29) is 37.9 Å². The van der Waals surface area contributed by atoms with Crippen molar-refractivity contribution < 1.29 is 29.1 Å². The Balaban J connectivity index is 1.61. The van der Waals surface area contributed by atoms with E-state index in [2.05, 4.69) is 21.3 Å². The number of hydrogen-bond acceptors (Lipinski definition) is 7. The van der Waals surface area contributed by atoms with Crippen molar-refractivity contribution in [2.45, 2.75) is 68.7 Å². The Morgan fingerprint density at radius 2 is 1.29 bits per heavy atom. The number of nitrogens with two attached hydrogens (primary N) is 2. The summed E-state index contributed by atoms with van der Waals surface area (Å²) in [6.07, 6.45) is 4.37. The molecule has 12 heteroatoms. The van der Waals surface area contributed by atoms with Gasteiger partial charge in [-0.2, -0.15) is 0 Å². The van der Waals surface area contributed by atoms with Crippen molar-refractivity contribution in [2.24, 2.45) is 11.5 Å². The highest BCUT2D eigenvalue weighted by Gasteiger charge is 2.32. The number of nitrogens with one attached hydrogen (secondary N) is 4. The first kappa shape index (κ1) is 35.4. The van der Waals surface area contributed by atoms with E-state index in [9.17, 15) is 29.1 Å². The Morgan fingerprint density at radius 3 is 1.85 bits per heavy atom. The van der Waals surface area contributed by atoms with Crippen LogP contribution in [0.5, 0.6) is 5.75 Å². The van der Waals surface area contributed by atoms with E-state index in [1.807, 2.05) is 48.5 Å². The zero-order valence-corrected chi connectivity index (χ0v) is 26.5. The van der Waals surface area contributed by atoms with Crippen LogP contribution in [0, 0.1) is 0 Å². The molecule has 0 spiro atoms. The van der Waals surface area contributed by atoms with Gasteiger partial charge in [0, 0.05) is 12.8 Å². The normalized spacial score (nSPS) is 22.1. The van der Waals surface area contributed by atoms with E-state index in [1.54, 1.807) is 36.4 Å². The van der Waals surface area contributed by atoms with Crippen LogP contribution in [-0.4, -0.2) is 64.9 Å². The Morgan fingerprint density at radius 1 is 0.750 bits per heavy atom. The third kappa shape index (κ3) is 10.8. The molecule has 0 aromatic heterocycles. The Labute approximate surface area is 279 Å². The van der Waals surface area contributed by atoms with E-state index in [4.69, 9.17) is 11.5 Å². The fourth-order valence-electron chi connectivity index (χ4n) is 5.32. The molecule has 1 aliphatic heterocycles. The number of primary amides is 1. The summed E-state index contributed by atoms with van der Waals surface area (Å²) < 4.78 is 0. The molecule has 0 radical (unpaired) electrons. The van der Waals surface area contributed by atoms with Gasteiger partial charge in [0.2, 0.25) is 29.5 Å². The average Bonchev–Trinajstić information content (AvgIpc) is 3.07. The molecule has 3 aromatic carbocycles. The number of carbonyl (C=O) groups is 5. The third-order valence-electron chi connectivity index (χ3n) is 8.01. The van der Waals surface area contributed by atoms with E-state index < -0.39 is 59.7 Å². The van der Waals surface area contributed by atoms with E-state index in [0.29, 0.717) is 6.42 Å². The number of phenols is 1. The number of rotatable bonds is 9. The number of phenolic OH excluding ortho intramolecular Hbond substituents is 1. The summed E-state index contributed by atoms with van der Waals surface area (Å²) in [6, 6.07) is 19.1. The van der Waals surface area contributed by atoms with Gasteiger partial charge in [-0.1, -0.05) is 84.9 Å². The quantitative estimate of drug-likeness (QED) is 0.166. The molecule has 48 heavy (non-hydrogen) atoms. The molecular formula is C36H42N6O6. The zero-order chi connectivity index (χ0) is 34.5. The second-order valence-electron chi connectivity index (χ2n) is 11.8. The SMILES string of the molecule is NC(=O)[C@@H]1CC/C=C/C[C@@H](NC(=O)[C@@H](N)Cc2ccc(O)cc2)C(=O)N[C@@H](Cc2ccccc2)C(=O)N[C@@H](Cc2ccccc2)C(=O)N1. The molecule has 0 fully saturated rings. The van der Waals surface area contributed by atoms with Crippen molar-refractivity contribution in [1.82, 2.24) is 21.3 Å². The maximum absolute atomic E-state index is 13.9. The molecule has 252 valence electrons. The predicted octanol–water partition coefficient (Wildman–Crippen LogP) is 0.912. The largest absolute Gasteiger partial charge is 0.508 e. The molecule has 0 saturated carbocycles. The number of allylic oxidation sites excluding steroid dienone is 1. The maximum Gasteiger partial charge on any atom is 0.243 e. The van der Waals surface area contributed by atoms with Gasteiger partial charge < -0.3 is 37.8 Å². The van der Waals surface area contributed by atoms with Crippen LogP contribution in [0.1, 0.15) is 36.0 Å². The Bertz CT molecular complexity index is 1580. The minimum atomic E-state index is -1.13. The summed E-state index contributed by atoms with van der Waals surface area (Å²) in [4.78, 5) is 66.7. The first-order chi connectivity index (χ1) is 23.1. The second-order valence-corrected chi connectivity index (χ2v) is 11.8. The summed E-state index contributed by atoms with van der Waals surface area (Å²) in [7, 11) is 0. The molecule has 3 aromatic rings. The van der Waals surface area contributed by atoms with E-state index >= 15 is 0 Å². The molecule has 0 saturated heterocycles. The molecule has 4 rings (SSSR count). The van der Waals surface area contributed by atoms with Crippen molar-refractivity contribution in [1.29, 1.82) is 0 Å². The average molecular weight is 655 g/mol. The fraction of sp³-hybridized carbons (Fsp3) is 0.306. The van der Waals surface area contributed by atoms with Gasteiger partial charge in [-0.3, -0.25) is 24.0 Å². The van der Waals surface area contributed by atoms with Crippen LogP contribution in [0.2, 0.25) is 0 Å². The fourth-order valence-corrected chi connectivity index (χ4v) is 5.32. The van der Waals surface area contributed by atoms with Gasteiger partial charge in [-0.15, -0.1) is 0 Å². The number of amides is 5. The second kappa shape index (κ2) is 17.4. The van der Waals surface area contributed by atoms with Gasteiger partial charge in [0.1, 0.15) is 29.9 Å². The number of carbonyl (C=O) groups excluding carboxylic acids is 5. The number of aromatic hydroxyl groups is 1. The van der Waals surface area contributed by atoms with Crippen molar-refractivity contribution in [3.05, 3.63) is 114 Å². The van der Waals surface area contributed by atoms with Crippen molar-refractivity contribution in [2.75, 3.05) is 0 Å². The molecule has 12 nitrogen and oxygen atoms in total. The van der Waals surface area contributed by atoms with Crippen molar-refractivity contribution in [3.8, 4) is 5.75 Å². The third-order valence-corrected chi connectivity index (χ3v) is 8.01. The van der Waals surface area contributed by atoms with Gasteiger partial charge in [-0.05, 0) is 54.5 Å². The summed E-state index contributed by atoms with van der Waals surface area (Å²) in [5, 5.41) is 20.5. The maximum atomic E-state index is 13.9. The topological polar surface area (TPSA) is 206 Å². The van der Waals surface area contributed by atoms with Crippen LogP contribution in [0.25, 0.3) is 0 Å². The highest BCUT2D eigenvalue weighted by molar-refractivity contribution is 5.96. The summed E-state index contributed by atoms with van der Waals surface area (Å²) in [5.41, 5.74) is 14.1. The predicted molar refractivity (Wildman–Crippen MR) is 180 cm³/mol. The summed E-state index contributed by atoms with van der Waals surface area (Å²) in [5.74, 6) is -3.05. The standard InChI is InChI=1S/C36H42N6O6/c37-27(20-25-16-18-26(43)19-17-25)33(45)40-29-15-9-3-8-14-28(32(38)44)39-35(47)30(21-23-10-4-1-5-11-23)42-36(48)31(41-34(29)46)22-24-12-6-2-7-13-24/h1-7,9-13,16-19,27-31,43H,8,14-15,20-22,37H2,(H2,38,44)(H,39,47)(H,40,45)(H,41,46)(H,42,48)/b9-3+/t27-,28-,29+,30-,31-/m0/s1. The molecule has 9 N–H and O–H groups in total. The smallest absolute Gasteiger partial charge is 0.243 e. The lowest BCUT2D eigenvalue weighted by Crippen LogP contribution is -2.59. The van der Waals surface area contributed by atoms with Gasteiger partial charge in [0.25, 0.3) is 0 Å². The highest BCUT2D eigenvalue weighted by Crippen LogP contribution is 2.12. The lowest BCUT2D eigenvalue weighted by Gasteiger charge is -2.26. The van der Waals surface area contributed by atoms with E-state index in [0.717, 1.165) is 16.7 Å². The molecule has 5 amide bonds. The lowest BCUT2D eigenvalue weighted by molar-refractivity contribution is -0.134. The van der Waals surface area contributed by atoms with Crippen LogP contribution in [0.4, 0.5) is 0 Å². The van der Waals surface area contributed by atoms with Crippen LogP contribution in [0.3, 0.4) is 0 Å². The first-order valence-corrected chi connectivity index (χ1v) is 15.9. The van der Waals surface area contributed by atoms with E-state index in [1.165, 1.54) is 12.1 Å². The summed E-state index contributed by atoms with van der Waals surface area (Å²) >= 11 is 0.